The number of carbonyl (C=O) groups excluding carboxylic acids is 1. The van der Waals surface area contributed by atoms with Crippen molar-refractivity contribution in [1.29, 1.82) is 0 Å². The van der Waals surface area contributed by atoms with E-state index in [2.05, 4.69) is 4.90 Å². The van der Waals surface area contributed by atoms with Crippen LogP contribution in [0.1, 0.15) is 18.4 Å². The maximum Gasteiger partial charge on any atom is 0.149 e. The lowest BCUT2D eigenvalue weighted by molar-refractivity contribution is -0.121. The van der Waals surface area contributed by atoms with Crippen molar-refractivity contribution in [3.8, 4) is 5.75 Å². The van der Waals surface area contributed by atoms with Gasteiger partial charge in [0.2, 0.25) is 0 Å². The summed E-state index contributed by atoms with van der Waals surface area (Å²) in [7, 11) is 3.65. The van der Waals surface area contributed by atoms with Gasteiger partial charge in [-0.25, -0.2) is 0 Å². The first kappa shape index (κ1) is 12.1. The number of nitrogens with zero attached hydrogens (tertiary/aromatic N) is 1. The van der Waals surface area contributed by atoms with E-state index in [9.17, 15) is 4.79 Å². The molecule has 0 bridgehead atoms. The van der Waals surface area contributed by atoms with Crippen molar-refractivity contribution in [1.82, 2.24) is 4.90 Å². The Kier molecular flexibility index (Phi) is 3.79. The smallest absolute Gasteiger partial charge is 0.149 e. The molecule has 1 aromatic carbocycles. The molecule has 3 nitrogen and oxygen atoms in total. The number of carbonyl (C=O) groups is 1. The van der Waals surface area contributed by atoms with Crippen LogP contribution >= 0.6 is 0 Å². The van der Waals surface area contributed by atoms with E-state index in [0.29, 0.717) is 18.2 Å². The zero-order valence-corrected chi connectivity index (χ0v) is 10.5. The Hall–Kier alpha value is -1.35. The molecule has 1 aliphatic rings. The summed E-state index contributed by atoms with van der Waals surface area (Å²) in [4.78, 5) is 13.7. The topological polar surface area (TPSA) is 29.5 Å². The third kappa shape index (κ3) is 3.56. The van der Waals surface area contributed by atoms with E-state index < -0.39 is 0 Å². The monoisotopic (exact) mass is 233 g/mol. The average molecular weight is 233 g/mol. The summed E-state index contributed by atoms with van der Waals surface area (Å²) in [5.41, 5.74) is 1.21. The normalized spacial score (nSPS) is 15.0. The Labute approximate surface area is 102 Å². The van der Waals surface area contributed by atoms with Crippen molar-refractivity contribution in [2.75, 3.05) is 20.7 Å². The fourth-order valence-corrected chi connectivity index (χ4v) is 1.90. The van der Waals surface area contributed by atoms with Crippen LogP contribution in [-0.4, -0.2) is 31.4 Å². The highest BCUT2D eigenvalue weighted by Crippen LogP contribution is 2.29. The highest BCUT2D eigenvalue weighted by atomic mass is 16.5. The average Bonchev–Trinajstić information content (AvgIpc) is 3.13. The Balaban J connectivity index is 1.83. The number of hydrogen-bond acceptors (Lipinski definition) is 3. The predicted octanol–water partition coefficient (Wildman–Crippen LogP) is 2.11. The van der Waals surface area contributed by atoms with Crippen molar-refractivity contribution < 1.29 is 9.53 Å². The molecule has 2 rings (SSSR count). The van der Waals surface area contributed by atoms with E-state index in [0.717, 1.165) is 25.1 Å². The molecule has 1 fully saturated rings. The largest absolute Gasteiger partial charge is 0.497 e. The van der Waals surface area contributed by atoms with Crippen molar-refractivity contribution in [3.63, 3.8) is 0 Å². The summed E-state index contributed by atoms with van der Waals surface area (Å²) in [6.45, 7) is 1.37. The summed E-state index contributed by atoms with van der Waals surface area (Å²) < 4.78 is 5.11. The van der Waals surface area contributed by atoms with Crippen molar-refractivity contribution in [3.05, 3.63) is 29.8 Å². The standard InChI is InChI=1S/C14H19NO2/c1-15(10-14(16)12-5-6-12)9-11-3-7-13(17-2)8-4-11/h3-4,7-8,12H,5-6,9-10H2,1-2H3. The fourth-order valence-electron chi connectivity index (χ4n) is 1.90. The minimum absolute atomic E-state index is 0.355. The lowest BCUT2D eigenvalue weighted by Gasteiger charge is -2.15. The van der Waals surface area contributed by atoms with Crippen molar-refractivity contribution >= 4 is 5.78 Å². The zero-order chi connectivity index (χ0) is 12.3. The van der Waals surface area contributed by atoms with E-state index in [1.165, 1.54) is 5.56 Å². The Morgan fingerprint density at radius 3 is 2.53 bits per heavy atom. The molecule has 0 aromatic heterocycles. The van der Waals surface area contributed by atoms with Gasteiger partial charge in [-0.05, 0) is 37.6 Å². The summed E-state index contributed by atoms with van der Waals surface area (Å²) in [6, 6.07) is 7.98. The van der Waals surface area contributed by atoms with Crippen LogP contribution in [0.3, 0.4) is 0 Å². The number of rotatable bonds is 6. The van der Waals surface area contributed by atoms with Crippen LogP contribution in [0.15, 0.2) is 24.3 Å². The molecular formula is C14H19NO2. The molecular weight excluding hydrogens is 214 g/mol. The molecule has 1 saturated carbocycles. The van der Waals surface area contributed by atoms with Gasteiger partial charge >= 0.3 is 0 Å². The van der Waals surface area contributed by atoms with Crippen LogP contribution in [0.4, 0.5) is 0 Å². The highest BCUT2D eigenvalue weighted by molar-refractivity contribution is 5.84. The molecule has 1 aliphatic carbocycles. The maximum absolute atomic E-state index is 11.6. The predicted molar refractivity (Wildman–Crippen MR) is 67.1 cm³/mol. The van der Waals surface area contributed by atoms with Gasteiger partial charge in [-0.15, -0.1) is 0 Å². The van der Waals surface area contributed by atoms with Gasteiger partial charge < -0.3 is 4.74 Å². The number of benzene rings is 1. The summed E-state index contributed by atoms with van der Waals surface area (Å²) in [5.74, 6) is 1.61. The van der Waals surface area contributed by atoms with Gasteiger partial charge in [0.1, 0.15) is 11.5 Å². The fraction of sp³-hybridized carbons (Fsp3) is 0.500. The number of ketones is 1. The van der Waals surface area contributed by atoms with Crippen LogP contribution in [0.5, 0.6) is 5.75 Å². The molecule has 0 atom stereocenters. The molecule has 0 amide bonds. The Bertz CT molecular complexity index is 382. The number of hydrogen-bond donors (Lipinski definition) is 0. The van der Waals surface area contributed by atoms with Gasteiger partial charge in [-0.2, -0.15) is 0 Å². The Morgan fingerprint density at radius 2 is 2.00 bits per heavy atom. The molecule has 1 aromatic rings. The van der Waals surface area contributed by atoms with E-state index in [-0.39, 0.29) is 0 Å². The van der Waals surface area contributed by atoms with Gasteiger partial charge in [-0.1, -0.05) is 12.1 Å². The lowest BCUT2D eigenvalue weighted by Crippen LogP contribution is -2.26. The van der Waals surface area contributed by atoms with E-state index >= 15 is 0 Å². The summed E-state index contributed by atoms with van der Waals surface area (Å²) in [6.07, 6.45) is 2.18. The van der Waals surface area contributed by atoms with E-state index in [1.54, 1.807) is 7.11 Å². The Morgan fingerprint density at radius 1 is 1.35 bits per heavy atom. The number of methoxy groups -OCH3 is 1. The van der Waals surface area contributed by atoms with Crippen molar-refractivity contribution in [2.24, 2.45) is 5.92 Å². The van der Waals surface area contributed by atoms with Gasteiger partial charge in [0.25, 0.3) is 0 Å². The highest BCUT2D eigenvalue weighted by Gasteiger charge is 2.29. The molecule has 17 heavy (non-hydrogen) atoms. The molecule has 0 saturated heterocycles. The third-order valence-corrected chi connectivity index (χ3v) is 3.07. The van der Waals surface area contributed by atoms with Gasteiger partial charge in [-0.3, -0.25) is 9.69 Å². The van der Waals surface area contributed by atoms with E-state index in [1.807, 2.05) is 31.3 Å². The summed E-state index contributed by atoms with van der Waals surface area (Å²) >= 11 is 0. The molecule has 0 unspecified atom stereocenters. The maximum atomic E-state index is 11.6. The zero-order valence-electron chi connectivity index (χ0n) is 10.5. The molecule has 3 heteroatoms. The first-order valence-corrected chi connectivity index (χ1v) is 6.03. The molecule has 0 heterocycles. The van der Waals surface area contributed by atoms with Crippen LogP contribution < -0.4 is 4.74 Å². The number of Topliss-reactive ketones (excluding diaryl/α,β-unsaturated/α-hetero) is 1. The number of ether oxygens (including phenoxy) is 1. The molecule has 0 aliphatic heterocycles. The van der Waals surface area contributed by atoms with Crippen LogP contribution in [0, 0.1) is 5.92 Å². The first-order valence-electron chi connectivity index (χ1n) is 6.03. The molecule has 0 spiro atoms. The lowest BCUT2D eigenvalue weighted by atomic mass is 10.2. The molecule has 0 radical (unpaired) electrons. The third-order valence-electron chi connectivity index (χ3n) is 3.07. The van der Waals surface area contributed by atoms with Crippen LogP contribution in [0.2, 0.25) is 0 Å². The molecule has 92 valence electrons. The van der Waals surface area contributed by atoms with Gasteiger partial charge in [0.15, 0.2) is 0 Å². The van der Waals surface area contributed by atoms with Crippen LogP contribution in [0.25, 0.3) is 0 Å². The second-order valence-corrected chi connectivity index (χ2v) is 4.76. The van der Waals surface area contributed by atoms with E-state index in [4.69, 9.17) is 4.74 Å². The minimum atomic E-state index is 0.355. The first-order chi connectivity index (χ1) is 8.19. The second-order valence-electron chi connectivity index (χ2n) is 4.76. The van der Waals surface area contributed by atoms with Gasteiger partial charge in [0.05, 0.1) is 13.7 Å². The van der Waals surface area contributed by atoms with Crippen molar-refractivity contribution in [2.45, 2.75) is 19.4 Å². The number of likely N-dealkylation sites (N-methyl/N-ethyl adjacent to an activating group) is 1. The summed E-state index contributed by atoms with van der Waals surface area (Å²) in [5, 5.41) is 0. The minimum Gasteiger partial charge on any atom is -0.497 e. The molecule has 0 N–H and O–H groups in total. The van der Waals surface area contributed by atoms with Crippen LogP contribution in [-0.2, 0) is 11.3 Å². The quantitative estimate of drug-likeness (QED) is 0.753. The second kappa shape index (κ2) is 5.32. The van der Waals surface area contributed by atoms with Gasteiger partial charge in [0, 0.05) is 12.5 Å². The SMILES string of the molecule is COc1ccc(CN(C)CC(=O)C2CC2)cc1.